The van der Waals surface area contributed by atoms with Crippen LogP contribution in [0.1, 0.15) is 25.3 Å². The summed E-state index contributed by atoms with van der Waals surface area (Å²) in [6.07, 6.45) is 5.55. The number of hydrogen-bond acceptors (Lipinski definition) is 2. The summed E-state index contributed by atoms with van der Waals surface area (Å²) in [5.74, 6) is 1.84. The Hall–Kier alpha value is -2.42. The van der Waals surface area contributed by atoms with Crippen LogP contribution in [-0.4, -0.2) is 13.2 Å². The molecule has 0 radical (unpaired) electrons. The summed E-state index contributed by atoms with van der Waals surface area (Å²) in [6.45, 7) is -2.35. The summed E-state index contributed by atoms with van der Waals surface area (Å²) in [7, 11) is 0. The highest BCUT2D eigenvalue weighted by Crippen LogP contribution is 2.36. The van der Waals surface area contributed by atoms with Gasteiger partial charge in [-0.05, 0) is 40.5 Å². The average molecular weight is 340 g/mol. The highest BCUT2D eigenvalue weighted by Gasteiger charge is 2.18. The molecule has 6 heteroatoms. The maximum Gasteiger partial charge on any atom is 0.387 e. The molecule has 2 rings (SSSR count). The number of fused-ring (bicyclic) bond motifs is 1. The van der Waals surface area contributed by atoms with Crippen LogP contribution in [0, 0.1) is 18.3 Å². The quantitative estimate of drug-likeness (QED) is 0.517. The molecule has 2 aromatic carbocycles. The molecule has 2 nitrogen and oxygen atoms in total. The summed E-state index contributed by atoms with van der Waals surface area (Å²) < 4.78 is 58.5. The van der Waals surface area contributed by atoms with Crippen molar-refractivity contribution in [1.82, 2.24) is 0 Å². The van der Waals surface area contributed by atoms with E-state index in [2.05, 4.69) is 15.4 Å². The Kier molecular flexibility index (Phi) is 5.55. The zero-order valence-electron chi connectivity index (χ0n) is 13.1. The molecular formula is C18H16F4O2. The van der Waals surface area contributed by atoms with E-state index in [0.717, 1.165) is 5.56 Å². The molecule has 0 N–H and O–H groups in total. The predicted octanol–water partition coefficient (Wildman–Crippen LogP) is 5.42. The number of halogens is 4. The second-order valence-electron chi connectivity index (χ2n) is 5.55. The van der Waals surface area contributed by atoms with E-state index in [-0.39, 0.29) is 11.8 Å². The smallest absolute Gasteiger partial charge is 0.387 e. The third-order valence-electron chi connectivity index (χ3n) is 3.56. The number of benzene rings is 2. The van der Waals surface area contributed by atoms with E-state index in [9.17, 15) is 17.6 Å². The van der Waals surface area contributed by atoms with E-state index in [4.69, 9.17) is 6.42 Å². The van der Waals surface area contributed by atoms with Crippen LogP contribution in [0.25, 0.3) is 10.8 Å². The van der Waals surface area contributed by atoms with Gasteiger partial charge in [0, 0.05) is 5.92 Å². The van der Waals surface area contributed by atoms with E-state index < -0.39 is 24.7 Å². The molecule has 0 bridgehead atoms. The van der Waals surface area contributed by atoms with Gasteiger partial charge in [-0.2, -0.15) is 17.6 Å². The lowest BCUT2D eigenvalue weighted by Crippen LogP contribution is -2.08. The molecule has 1 atom stereocenters. The summed E-state index contributed by atoms with van der Waals surface area (Å²) in [4.78, 5) is 0. The zero-order valence-corrected chi connectivity index (χ0v) is 13.1. The second-order valence-corrected chi connectivity index (χ2v) is 5.55. The first-order valence-corrected chi connectivity index (χ1v) is 7.25. The largest absolute Gasteiger partial charge is 0.431 e. The maximum atomic E-state index is 12.5. The summed E-state index contributed by atoms with van der Waals surface area (Å²) in [6, 6.07) is 7.69. The lowest BCUT2D eigenvalue weighted by molar-refractivity contribution is -0.0690. The van der Waals surface area contributed by atoms with Crippen molar-refractivity contribution in [1.29, 1.82) is 0 Å². The number of alkyl halides is 4. The van der Waals surface area contributed by atoms with E-state index in [0.29, 0.717) is 10.8 Å². The van der Waals surface area contributed by atoms with Crippen molar-refractivity contribution in [2.75, 3.05) is 0 Å². The molecule has 1 unspecified atom stereocenters. The van der Waals surface area contributed by atoms with Crippen molar-refractivity contribution in [3.63, 3.8) is 0 Å². The number of ether oxygens (including phenoxy) is 2. The molecule has 24 heavy (non-hydrogen) atoms. The first kappa shape index (κ1) is 17.9. The van der Waals surface area contributed by atoms with E-state index in [1.54, 1.807) is 18.2 Å². The minimum absolute atomic E-state index is 0.147. The Labute approximate surface area is 137 Å². The monoisotopic (exact) mass is 340 g/mol. The van der Waals surface area contributed by atoms with Crippen LogP contribution in [0.2, 0.25) is 0 Å². The van der Waals surface area contributed by atoms with Gasteiger partial charge in [-0.1, -0.05) is 31.9 Å². The average Bonchev–Trinajstić information content (AvgIpc) is 2.47. The number of rotatable bonds is 6. The molecule has 0 amide bonds. The molecular weight excluding hydrogens is 324 g/mol. The van der Waals surface area contributed by atoms with Gasteiger partial charge in [-0.3, -0.25) is 0 Å². The van der Waals surface area contributed by atoms with E-state index in [1.807, 2.05) is 13.8 Å². The third-order valence-corrected chi connectivity index (χ3v) is 3.56. The lowest BCUT2D eigenvalue weighted by atomic mass is 9.88. The number of terminal acetylenes is 1. The van der Waals surface area contributed by atoms with Crippen LogP contribution >= 0.6 is 0 Å². The Morgan fingerprint density at radius 1 is 0.875 bits per heavy atom. The Morgan fingerprint density at radius 3 is 1.88 bits per heavy atom. The fourth-order valence-electron chi connectivity index (χ4n) is 2.52. The molecule has 0 spiro atoms. The van der Waals surface area contributed by atoms with Crippen molar-refractivity contribution in [3.05, 3.63) is 35.9 Å². The van der Waals surface area contributed by atoms with Crippen LogP contribution in [0.4, 0.5) is 17.6 Å². The molecule has 0 fully saturated rings. The third kappa shape index (κ3) is 4.10. The van der Waals surface area contributed by atoms with Crippen LogP contribution in [-0.2, 0) is 0 Å². The van der Waals surface area contributed by atoms with Crippen molar-refractivity contribution in [2.45, 2.75) is 33.0 Å². The minimum atomic E-state index is -3.15. The van der Waals surface area contributed by atoms with E-state index >= 15 is 0 Å². The van der Waals surface area contributed by atoms with Gasteiger partial charge in [0.15, 0.2) is 11.5 Å². The molecule has 0 aliphatic rings. The van der Waals surface area contributed by atoms with Crippen LogP contribution in [0.5, 0.6) is 11.5 Å². The van der Waals surface area contributed by atoms with Crippen LogP contribution in [0.15, 0.2) is 30.3 Å². The molecule has 0 saturated carbocycles. The Morgan fingerprint density at radius 2 is 1.42 bits per heavy atom. The minimum Gasteiger partial charge on any atom is -0.431 e. The Balaban J connectivity index is 2.54. The lowest BCUT2D eigenvalue weighted by Gasteiger charge is -2.17. The van der Waals surface area contributed by atoms with Crippen molar-refractivity contribution >= 4 is 10.8 Å². The first-order valence-electron chi connectivity index (χ1n) is 7.25. The standard InChI is InChI=1S/C18H16F4O2/c1-4-14(10(2)3)12-6-5-11-8-15(23-17(19)20)16(24-18(21)22)9-13(11)7-12/h1,5-10,14,17-18H,2-3H3. The topological polar surface area (TPSA) is 18.5 Å². The van der Waals surface area contributed by atoms with Gasteiger partial charge < -0.3 is 9.47 Å². The van der Waals surface area contributed by atoms with Gasteiger partial charge in [-0.25, -0.2) is 0 Å². The summed E-state index contributed by atoms with van der Waals surface area (Å²) in [5, 5.41) is 1.10. The fourth-order valence-corrected chi connectivity index (χ4v) is 2.52. The highest BCUT2D eigenvalue weighted by atomic mass is 19.3. The summed E-state index contributed by atoms with van der Waals surface area (Å²) in [5.41, 5.74) is 0.838. The molecule has 2 aromatic rings. The molecule has 128 valence electrons. The predicted molar refractivity (Wildman–Crippen MR) is 83.6 cm³/mol. The maximum absolute atomic E-state index is 12.5. The van der Waals surface area contributed by atoms with Crippen molar-refractivity contribution < 1.29 is 27.0 Å². The molecule has 0 aliphatic heterocycles. The molecule has 0 aromatic heterocycles. The first-order chi connectivity index (χ1) is 11.3. The highest BCUT2D eigenvalue weighted by molar-refractivity contribution is 5.87. The van der Waals surface area contributed by atoms with Gasteiger partial charge in [0.05, 0.1) is 0 Å². The van der Waals surface area contributed by atoms with Crippen molar-refractivity contribution in [3.8, 4) is 23.8 Å². The zero-order chi connectivity index (χ0) is 17.9. The van der Waals surface area contributed by atoms with Crippen LogP contribution in [0.3, 0.4) is 0 Å². The van der Waals surface area contributed by atoms with Crippen LogP contribution < -0.4 is 9.47 Å². The molecule has 0 heterocycles. The van der Waals surface area contributed by atoms with Gasteiger partial charge in [0.25, 0.3) is 0 Å². The normalized spacial score (nSPS) is 12.7. The number of hydrogen-bond donors (Lipinski definition) is 0. The SMILES string of the molecule is C#CC(c1ccc2cc(OC(F)F)c(OC(F)F)cc2c1)C(C)C. The summed E-state index contributed by atoms with van der Waals surface area (Å²) >= 11 is 0. The molecule has 0 saturated heterocycles. The van der Waals surface area contributed by atoms with Gasteiger partial charge in [-0.15, -0.1) is 6.42 Å². The van der Waals surface area contributed by atoms with Gasteiger partial charge >= 0.3 is 13.2 Å². The van der Waals surface area contributed by atoms with Gasteiger partial charge in [0.1, 0.15) is 0 Å². The molecule has 0 aliphatic carbocycles. The van der Waals surface area contributed by atoms with Gasteiger partial charge in [0.2, 0.25) is 0 Å². The Bertz CT molecular complexity index is 751. The second kappa shape index (κ2) is 7.43. The van der Waals surface area contributed by atoms with E-state index in [1.165, 1.54) is 12.1 Å². The fraction of sp³-hybridized carbons (Fsp3) is 0.333. The van der Waals surface area contributed by atoms with Crippen molar-refractivity contribution in [2.24, 2.45) is 5.92 Å².